The fraction of sp³-hybridized carbons (Fsp3) is 0. The zero-order valence-corrected chi connectivity index (χ0v) is 31.1. The minimum Gasteiger partial charge on any atom is -0.456 e. The molecule has 0 N–H and O–H groups in total. The van der Waals surface area contributed by atoms with Crippen LogP contribution >= 0.6 is 11.3 Å². The van der Waals surface area contributed by atoms with Crippen LogP contribution in [-0.4, -0.2) is 15.0 Å². The maximum Gasteiger partial charge on any atom is 0.167 e. The van der Waals surface area contributed by atoms with Crippen molar-refractivity contribution in [2.24, 2.45) is 0 Å². The average Bonchev–Trinajstić information content (AvgIpc) is 3.98. The second kappa shape index (κ2) is 12.6. The first-order valence-electron chi connectivity index (χ1n) is 18.9. The first kappa shape index (κ1) is 31.9. The van der Waals surface area contributed by atoms with Crippen LogP contribution in [0.4, 0.5) is 0 Å². The number of thiophene rings is 1. The van der Waals surface area contributed by atoms with Crippen molar-refractivity contribution in [3.63, 3.8) is 0 Å². The van der Waals surface area contributed by atoms with Gasteiger partial charge in [0.2, 0.25) is 0 Å². The number of hydrogen-bond donors (Lipinski definition) is 0. The molecule has 0 aliphatic carbocycles. The monoisotopic (exact) mass is 747 g/mol. The third-order valence-corrected chi connectivity index (χ3v) is 12.1. The number of benzene rings is 8. The van der Waals surface area contributed by atoms with E-state index in [1.54, 1.807) is 11.3 Å². The number of aromatic nitrogens is 3. The van der Waals surface area contributed by atoms with Crippen molar-refractivity contribution in [3.05, 3.63) is 176 Å². The molecule has 0 fully saturated rings. The van der Waals surface area contributed by atoms with E-state index in [2.05, 4.69) is 121 Å². The summed E-state index contributed by atoms with van der Waals surface area (Å²) in [5.74, 6) is 1.78. The van der Waals surface area contributed by atoms with Gasteiger partial charge in [-0.25, -0.2) is 15.0 Å². The van der Waals surface area contributed by atoms with Gasteiger partial charge in [0.1, 0.15) is 22.3 Å². The smallest absolute Gasteiger partial charge is 0.167 e. The summed E-state index contributed by atoms with van der Waals surface area (Å²) >= 11 is 1.78. The number of fused-ring (bicyclic) bond motifs is 9. The third-order valence-electron chi connectivity index (χ3n) is 11.0. The average molecular weight is 748 g/mol. The third kappa shape index (κ3) is 5.04. The zero-order chi connectivity index (χ0) is 37.5. The molecule has 0 aliphatic rings. The van der Waals surface area contributed by atoms with Crippen molar-refractivity contribution in [1.29, 1.82) is 0 Å². The van der Waals surface area contributed by atoms with E-state index in [-0.39, 0.29) is 0 Å². The Morgan fingerprint density at radius 2 is 0.912 bits per heavy atom. The second-order valence-corrected chi connectivity index (χ2v) is 15.4. The molecule has 0 atom stereocenters. The highest BCUT2D eigenvalue weighted by Crippen LogP contribution is 2.45. The Labute approximate surface area is 330 Å². The number of nitrogens with zero attached hydrogens (tertiary/aromatic N) is 3. The van der Waals surface area contributed by atoms with E-state index >= 15 is 0 Å². The van der Waals surface area contributed by atoms with Gasteiger partial charge in [0.25, 0.3) is 0 Å². The Hall–Kier alpha value is -7.41. The Morgan fingerprint density at radius 1 is 0.333 bits per heavy atom. The van der Waals surface area contributed by atoms with E-state index in [1.165, 1.54) is 14.8 Å². The highest BCUT2D eigenvalue weighted by atomic mass is 32.1. The SMILES string of the molecule is c1ccc(-c2nc(-c3cccc4c3oc3c(-c5cc(-c6ccccc6)c6c(c5)oc5ccccc56)cccc34)nc(-c3cccc4sc5ccccc5c34)n2)cc1. The predicted octanol–water partition coefficient (Wildman–Crippen LogP) is 14.4. The van der Waals surface area contributed by atoms with Gasteiger partial charge >= 0.3 is 0 Å². The first-order chi connectivity index (χ1) is 28.2. The summed E-state index contributed by atoms with van der Waals surface area (Å²) in [6.07, 6.45) is 0. The van der Waals surface area contributed by atoms with Crippen LogP contribution in [0.1, 0.15) is 0 Å². The Morgan fingerprint density at radius 3 is 1.72 bits per heavy atom. The standard InChI is InChI=1S/C51H29N3O2S/c1-3-14-30(15-4-1)40-28-32(29-42-45(40)36-18-7-9-25-41(36)55-42)33-20-11-21-34-35-22-12-24-39(48(35)56-47(33)34)51-53-49(31-16-5-2-6-17-31)52-50(54-51)38-23-13-27-44-46(38)37-19-8-10-26-43(37)57-44/h1-29H. The lowest BCUT2D eigenvalue weighted by atomic mass is 9.94. The lowest BCUT2D eigenvalue weighted by Crippen LogP contribution is -2.00. The molecule has 5 nitrogen and oxygen atoms in total. The molecule has 0 aliphatic heterocycles. The summed E-state index contributed by atoms with van der Waals surface area (Å²) in [6, 6.07) is 60.8. The van der Waals surface area contributed by atoms with Gasteiger partial charge in [-0.2, -0.15) is 0 Å². The number of furan rings is 2. The Kier molecular flexibility index (Phi) is 7.03. The topological polar surface area (TPSA) is 65.0 Å². The second-order valence-electron chi connectivity index (χ2n) is 14.3. The van der Waals surface area contributed by atoms with Crippen LogP contribution in [0.3, 0.4) is 0 Å². The van der Waals surface area contributed by atoms with Gasteiger partial charge in [0, 0.05) is 58.4 Å². The molecule has 4 heterocycles. The van der Waals surface area contributed by atoms with Gasteiger partial charge in [-0.1, -0.05) is 140 Å². The molecule has 0 bridgehead atoms. The number of para-hydroxylation sites is 3. The summed E-state index contributed by atoms with van der Waals surface area (Å²) < 4.78 is 16.0. The van der Waals surface area contributed by atoms with Crippen molar-refractivity contribution in [2.75, 3.05) is 0 Å². The largest absolute Gasteiger partial charge is 0.456 e. The molecule has 0 spiro atoms. The summed E-state index contributed by atoms with van der Waals surface area (Å²) in [5.41, 5.74) is 10.1. The van der Waals surface area contributed by atoms with E-state index in [0.29, 0.717) is 17.5 Å². The fourth-order valence-corrected chi connectivity index (χ4v) is 9.51. The molecule has 0 saturated carbocycles. The van der Waals surface area contributed by atoms with E-state index in [0.717, 1.165) is 88.2 Å². The van der Waals surface area contributed by atoms with Crippen LogP contribution in [0.25, 0.3) is 120 Å². The molecular formula is C51H29N3O2S. The molecule has 0 amide bonds. The molecule has 0 radical (unpaired) electrons. The number of hydrogen-bond acceptors (Lipinski definition) is 6. The summed E-state index contributed by atoms with van der Waals surface area (Å²) in [6.45, 7) is 0. The summed E-state index contributed by atoms with van der Waals surface area (Å²) in [5, 5.41) is 6.55. The molecule has 266 valence electrons. The normalized spacial score (nSPS) is 11.9. The molecule has 0 saturated heterocycles. The van der Waals surface area contributed by atoms with Gasteiger partial charge < -0.3 is 8.83 Å². The van der Waals surface area contributed by atoms with Crippen molar-refractivity contribution in [2.45, 2.75) is 0 Å². The van der Waals surface area contributed by atoms with Crippen LogP contribution in [0.5, 0.6) is 0 Å². The van der Waals surface area contributed by atoms with Gasteiger partial charge in [0.15, 0.2) is 17.5 Å². The molecule has 6 heteroatoms. The summed E-state index contributed by atoms with van der Waals surface area (Å²) in [7, 11) is 0. The van der Waals surface area contributed by atoms with Gasteiger partial charge in [-0.15, -0.1) is 11.3 Å². The quantitative estimate of drug-likeness (QED) is 0.175. The van der Waals surface area contributed by atoms with Crippen molar-refractivity contribution in [3.8, 4) is 56.4 Å². The van der Waals surface area contributed by atoms with E-state index in [9.17, 15) is 0 Å². The maximum absolute atomic E-state index is 7.02. The molecule has 0 unspecified atom stereocenters. The highest BCUT2D eigenvalue weighted by molar-refractivity contribution is 7.25. The van der Waals surface area contributed by atoms with Crippen LogP contribution < -0.4 is 0 Å². The van der Waals surface area contributed by atoms with Crippen molar-refractivity contribution < 1.29 is 8.83 Å². The molecule has 12 aromatic rings. The fourth-order valence-electron chi connectivity index (χ4n) is 8.37. The van der Waals surface area contributed by atoms with Crippen molar-refractivity contribution in [1.82, 2.24) is 15.0 Å². The Balaban J connectivity index is 1.09. The minimum absolute atomic E-state index is 0.552. The van der Waals surface area contributed by atoms with E-state index in [1.807, 2.05) is 54.6 Å². The van der Waals surface area contributed by atoms with Crippen LogP contribution in [-0.2, 0) is 0 Å². The van der Waals surface area contributed by atoms with Crippen molar-refractivity contribution >= 4 is 75.4 Å². The van der Waals surface area contributed by atoms with Crippen LogP contribution in [0.2, 0.25) is 0 Å². The van der Waals surface area contributed by atoms with E-state index in [4.69, 9.17) is 23.8 Å². The minimum atomic E-state index is 0.552. The molecule has 12 rings (SSSR count). The van der Waals surface area contributed by atoms with Gasteiger partial charge in [0.05, 0.1) is 5.56 Å². The molecule has 8 aromatic carbocycles. The highest BCUT2D eigenvalue weighted by Gasteiger charge is 2.22. The molecular weight excluding hydrogens is 719 g/mol. The lowest BCUT2D eigenvalue weighted by molar-refractivity contribution is 0.668. The Bertz CT molecular complexity index is 3530. The summed E-state index contributed by atoms with van der Waals surface area (Å²) in [4.78, 5) is 15.5. The number of rotatable bonds is 5. The zero-order valence-electron chi connectivity index (χ0n) is 30.3. The van der Waals surface area contributed by atoms with Crippen LogP contribution in [0.15, 0.2) is 185 Å². The van der Waals surface area contributed by atoms with E-state index < -0.39 is 0 Å². The van der Waals surface area contributed by atoms with Gasteiger partial charge in [-0.3, -0.25) is 0 Å². The lowest BCUT2D eigenvalue weighted by Gasteiger charge is -2.10. The predicted molar refractivity (Wildman–Crippen MR) is 234 cm³/mol. The van der Waals surface area contributed by atoms with Crippen LogP contribution in [0, 0.1) is 0 Å². The maximum atomic E-state index is 7.02. The molecule has 57 heavy (non-hydrogen) atoms. The van der Waals surface area contributed by atoms with Gasteiger partial charge in [-0.05, 0) is 53.1 Å². The first-order valence-corrected chi connectivity index (χ1v) is 19.7. The molecule has 4 aromatic heterocycles.